The van der Waals surface area contributed by atoms with E-state index in [0.717, 1.165) is 5.56 Å². The molecule has 1 heterocycles. The van der Waals surface area contributed by atoms with Crippen molar-refractivity contribution >= 4 is 11.6 Å². The Labute approximate surface area is 111 Å². The van der Waals surface area contributed by atoms with E-state index >= 15 is 0 Å². The van der Waals surface area contributed by atoms with E-state index in [4.69, 9.17) is 14.9 Å². The van der Waals surface area contributed by atoms with Crippen LogP contribution in [0.4, 0.5) is 5.69 Å². The number of nitrogens with two attached hydrogens (primary N) is 1. The van der Waals surface area contributed by atoms with Crippen LogP contribution in [0.1, 0.15) is 21.9 Å². The standard InChI is InChI=1S/C14H16N2O3/c1-18-9-10-3-2-4-11(7-10)16-14(17)13-6-5-12(8-15)19-13/h2-7H,8-9,15H2,1H3,(H,16,17). The van der Waals surface area contributed by atoms with Gasteiger partial charge in [-0.25, -0.2) is 0 Å². The Morgan fingerprint density at radius 1 is 1.37 bits per heavy atom. The van der Waals surface area contributed by atoms with Crippen LogP contribution in [0.25, 0.3) is 0 Å². The van der Waals surface area contributed by atoms with Gasteiger partial charge < -0.3 is 20.2 Å². The molecule has 0 bridgehead atoms. The summed E-state index contributed by atoms with van der Waals surface area (Å²) in [5.74, 6) is 0.533. The van der Waals surface area contributed by atoms with Crippen LogP contribution >= 0.6 is 0 Å². The fourth-order valence-corrected chi connectivity index (χ4v) is 1.71. The Kier molecular flexibility index (Phi) is 4.33. The lowest BCUT2D eigenvalue weighted by Crippen LogP contribution is -2.11. The number of hydrogen-bond acceptors (Lipinski definition) is 4. The molecule has 1 aromatic heterocycles. The smallest absolute Gasteiger partial charge is 0.291 e. The molecule has 0 aliphatic heterocycles. The third-order valence-electron chi connectivity index (χ3n) is 2.58. The van der Waals surface area contributed by atoms with Crippen LogP contribution in [0.2, 0.25) is 0 Å². The highest BCUT2D eigenvalue weighted by Crippen LogP contribution is 2.14. The van der Waals surface area contributed by atoms with E-state index in [-0.39, 0.29) is 18.2 Å². The molecule has 0 aliphatic rings. The van der Waals surface area contributed by atoms with Crippen LogP contribution in [0.5, 0.6) is 0 Å². The summed E-state index contributed by atoms with van der Waals surface area (Å²) in [6.07, 6.45) is 0. The van der Waals surface area contributed by atoms with Gasteiger partial charge in [0, 0.05) is 12.8 Å². The molecule has 2 rings (SSSR count). The van der Waals surface area contributed by atoms with E-state index in [0.29, 0.717) is 18.1 Å². The predicted octanol–water partition coefficient (Wildman–Crippen LogP) is 2.14. The van der Waals surface area contributed by atoms with Crippen molar-refractivity contribution in [1.82, 2.24) is 0 Å². The van der Waals surface area contributed by atoms with E-state index in [1.54, 1.807) is 19.2 Å². The van der Waals surface area contributed by atoms with Crippen LogP contribution in [0.3, 0.4) is 0 Å². The van der Waals surface area contributed by atoms with E-state index < -0.39 is 0 Å². The first-order chi connectivity index (χ1) is 9.22. The maximum atomic E-state index is 11.9. The average Bonchev–Trinajstić information content (AvgIpc) is 2.88. The summed E-state index contributed by atoms with van der Waals surface area (Å²) < 4.78 is 10.3. The number of carbonyl (C=O) groups is 1. The van der Waals surface area contributed by atoms with E-state index in [1.807, 2.05) is 24.3 Å². The van der Waals surface area contributed by atoms with Crippen LogP contribution in [-0.4, -0.2) is 13.0 Å². The van der Waals surface area contributed by atoms with Crippen LogP contribution < -0.4 is 11.1 Å². The number of furan rings is 1. The molecule has 5 heteroatoms. The number of rotatable bonds is 5. The van der Waals surface area contributed by atoms with E-state index in [1.165, 1.54) is 0 Å². The topological polar surface area (TPSA) is 77.5 Å². The van der Waals surface area contributed by atoms with Crippen molar-refractivity contribution in [2.45, 2.75) is 13.2 Å². The van der Waals surface area contributed by atoms with Gasteiger partial charge in [0.05, 0.1) is 13.2 Å². The van der Waals surface area contributed by atoms with Gasteiger partial charge in [-0.2, -0.15) is 0 Å². The Balaban J connectivity index is 2.07. The SMILES string of the molecule is COCc1cccc(NC(=O)c2ccc(CN)o2)c1. The zero-order chi connectivity index (χ0) is 13.7. The highest BCUT2D eigenvalue weighted by molar-refractivity contribution is 6.02. The van der Waals surface area contributed by atoms with Crippen molar-refractivity contribution in [3.63, 3.8) is 0 Å². The maximum Gasteiger partial charge on any atom is 0.291 e. The van der Waals surface area contributed by atoms with Gasteiger partial charge in [-0.15, -0.1) is 0 Å². The minimum Gasteiger partial charge on any atom is -0.455 e. The van der Waals surface area contributed by atoms with Gasteiger partial charge in [0.2, 0.25) is 0 Å². The first-order valence-corrected chi connectivity index (χ1v) is 5.91. The van der Waals surface area contributed by atoms with Crippen molar-refractivity contribution in [3.05, 3.63) is 53.5 Å². The van der Waals surface area contributed by atoms with Crippen LogP contribution in [-0.2, 0) is 17.9 Å². The van der Waals surface area contributed by atoms with Gasteiger partial charge in [0.25, 0.3) is 5.91 Å². The second kappa shape index (κ2) is 6.17. The molecule has 0 fully saturated rings. The third-order valence-corrected chi connectivity index (χ3v) is 2.58. The Morgan fingerprint density at radius 3 is 2.89 bits per heavy atom. The van der Waals surface area contributed by atoms with E-state index in [9.17, 15) is 4.79 Å². The first kappa shape index (κ1) is 13.3. The zero-order valence-corrected chi connectivity index (χ0v) is 10.7. The van der Waals surface area contributed by atoms with Gasteiger partial charge in [-0.05, 0) is 29.8 Å². The molecule has 5 nitrogen and oxygen atoms in total. The summed E-state index contributed by atoms with van der Waals surface area (Å²) in [5.41, 5.74) is 7.12. The number of amides is 1. The molecule has 0 saturated carbocycles. The summed E-state index contributed by atoms with van der Waals surface area (Å²) in [6.45, 7) is 0.776. The molecule has 0 aliphatic carbocycles. The fourth-order valence-electron chi connectivity index (χ4n) is 1.71. The Morgan fingerprint density at radius 2 is 2.21 bits per heavy atom. The average molecular weight is 260 g/mol. The molecule has 0 saturated heterocycles. The van der Waals surface area contributed by atoms with Crippen molar-refractivity contribution < 1.29 is 13.9 Å². The lowest BCUT2D eigenvalue weighted by molar-refractivity contribution is 0.0995. The zero-order valence-electron chi connectivity index (χ0n) is 10.7. The number of carbonyl (C=O) groups excluding carboxylic acids is 1. The first-order valence-electron chi connectivity index (χ1n) is 5.91. The van der Waals surface area contributed by atoms with Crippen LogP contribution in [0, 0.1) is 0 Å². The lowest BCUT2D eigenvalue weighted by atomic mass is 10.2. The number of ether oxygens (including phenoxy) is 1. The van der Waals surface area contributed by atoms with Gasteiger partial charge in [0.15, 0.2) is 5.76 Å². The Hall–Kier alpha value is -2.11. The number of methoxy groups -OCH3 is 1. The Bertz CT molecular complexity index is 563. The normalized spacial score (nSPS) is 10.4. The summed E-state index contributed by atoms with van der Waals surface area (Å²) >= 11 is 0. The van der Waals surface area contributed by atoms with Gasteiger partial charge in [0.1, 0.15) is 5.76 Å². The molecular formula is C14H16N2O3. The molecule has 100 valence electrons. The van der Waals surface area contributed by atoms with Crippen LogP contribution in [0.15, 0.2) is 40.8 Å². The highest BCUT2D eigenvalue weighted by Gasteiger charge is 2.11. The van der Waals surface area contributed by atoms with Gasteiger partial charge in [-0.1, -0.05) is 12.1 Å². The molecule has 0 atom stereocenters. The summed E-state index contributed by atoms with van der Waals surface area (Å²) in [7, 11) is 1.63. The fraction of sp³-hybridized carbons (Fsp3) is 0.214. The number of benzene rings is 1. The molecule has 3 N–H and O–H groups in total. The molecule has 1 amide bonds. The molecular weight excluding hydrogens is 244 g/mol. The molecule has 19 heavy (non-hydrogen) atoms. The molecule has 0 unspecified atom stereocenters. The summed E-state index contributed by atoms with van der Waals surface area (Å²) in [6, 6.07) is 10.8. The molecule has 0 spiro atoms. The van der Waals surface area contributed by atoms with Crippen molar-refractivity contribution in [2.24, 2.45) is 5.73 Å². The summed E-state index contributed by atoms with van der Waals surface area (Å²) in [4.78, 5) is 11.9. The van der Waals surface area contributed by atoms with Crippen molar-refractivity contribution in [3.8, 4) is 0 Å². The van der Waals surface area contributed by atoms with Gasteiger partial charge >= 0.3 is 0 Å². The van der Waals surface area contributed by atoms with Gasteiger partial charge in [-0.3, -0.25) is 4.79 Å². The monoisotopic (exact) mass is 260 g/mol. The predicted molar refractivity (Wildman–Crippen MR) is 71.7 cm³/mol. The number of anilines is 1. The summed E-state index contributed by atoms with van der Waals surface area (Å²) in [5, 5.41) is 2.77. The molecule has 0 radical (unpaired) electrons. The number of nitrogens with one attached hydrogen (secondary N) is 1. The minimum atomic E-state index is -0.297. The van der Waals surface area contributed by atoms with Crippen molar-refractivity contribution in [1.29, 1.82) is 0 Å². The second-order valence-electron chi connectivity index (χ2n) is 4.06. The lowest BCUT2D eigenvalue weighted by Gasteiger charge is -2.05. The second-order valence-corrected chi connectivity index (χ2v) is 4.06. The molecule has 2 aromatic rings. The third kappa shape index (κ3) is 3.43. The molecule has 1 aromatic carbocycles. The minimum absolute atomic E-state index is 0.248. The van der Waals surface area contributed by atoms with E-state index in [2.05, 4.69) is 5.32 Å². The largest absolute Gasteiger partial charge is 0.455 e. The van der Waals surface area contributed by atoms with Crippen molar-refractivity contribution in [2.75, 3.05) is 12.4 Å². The maximum absolute atomic E-state index is 11.9. The number of hydrogen-bond donors (Lipinski definition) is 2. The highest BCUT2D eigenvalue weighted by atomic mass is 16.5. The quantitative estimate of drug-likeness (QED) is 0.863.